The molecule has 1 saturated heterocycles. The van der Waals surface area contributed by atoms with Gasteiger partial charge in [0.05, 0.1) is 0 Å². The first kappa shape index (κ1) is 12.0. The lowest BCUT2D eigenvalue weighted by Crippen LogP contribution is -2.57. The van der Waals surface area contributed by atoms with Gasteiger partial charge in [0.25, 0.3) is 0 Å². The van der Waals surface area contributed by atoms with Crippen LogP contribution >= 0.6 is 0 Å². The van der Waals surface area contributed by atoms with Gasteiger partial charge in [-0.15, -0.1) is 0 Å². The van der Waals surface area contributed by atoms with Gasteiger partial charge < -0.3 is 11.1 Å². The van der Waals surface area contributed by atoms with E-state index in [9.17, 15) is 0 Å². The molecule has 1 aliphatic rings. The fourth-order valence-electron chi connectivity index (χ4n) is 2.26. The van der Waals surface area contributed by atoms with Crippen LogP contribution in [0.1, 0.15) is 33.6 Å². The number of nitrogens with two attached hydrogens (primary N) is 1. The van der Waals surface area contributed by atoms with Crippen LogP contribution in [0.2, 0.25) is 0 Å². The summed E-state index contributed by atoms with van der Waals surface area (Å²) in [6, 6.07) is 1.60. The van der Waals surface area contributed by atoms with Gasteiger partial charge in [-0.1, -0.05) is 13.3 Å². The Bertz CT molecular complexity index is 151. The van der Waals surface area contributed by atoms with Crippen LogP contribution in [-0.4, -0.2) is 42.7 Å². The monoisotopic (exact) mass is 199 g/mol. The van der Waals surface area contributed by atoms with E-state index < -0.39 is 0 Å². The van der Waals surface area contributed by atoms with Crippen LogP contribution < -0.4 is 11.1 Å². The lowest BCUT2D eigenvalue weighted by atomic mass is 10.1. The molecule has 3 heteroatoms. The van der Waals surface area contributed by atoms with Crippen LogP contribution in [0.5, 0.6) is 0 Å². The highest BCUT2D eigenvalue weighted by molar-refractivity contribution is 4.84. The van der Waals surface area contributed by atoms with Gasteiger partial charge in [0.2, 0.25) is 0 Å². The molecule has 14 heavy (non-hydrogen) atoms. The molecule has 0 aromatic carbocycles. The van der Waals surface area contributed by atoms with Crippen LogP contribution in [0.15, 0.2) is 0 Å². The summed E-state index contributed by atoms with van der Waals surface area (Å²) in [7, 11) is 0. The Hall–Kier alpha value is -0.120. The molecule has 0 aliphatic carbocycles. The minimum absolute atomic E-state index is 0.350. The molecule has 1 fully saturated rings. The summed E-state index contributed by atoms with van der Waals surface area (Å²) >= 11 is 0. The molecule has 1 heterocycles. The third kappa shape index (κ3) is 3.23. The Balaban J connectivity index is 2.39. The van der Waals surface area contributed by atoms with E-state index in [2.05, 4.69) is 31.0 Å². The highest BCUT2D eigenvalue weighted by atomic mass is 15.2. The average molecular weight is 199 g/mol. The Morgan fingerprint density at radius 1 is 1.36 bits per heavy atom. The molecule has 1 aliphatic heterocycles. The van der Waals surface area contributed by atoms with Gasteiger partial charge in [0.1, 0.15) is 0 Å². The smallest absolute Gasteiger partial charge is 0.0196 e. The first-order chi connectivity index (χ1) is 6.65. The molecule has 0 saturated carbocycles. The van der Waals surface area contributed by atoms with E-state index in [4.69, 9.17) is 5.73 Å². The Kier molecular flexibility index (Phi) is 4.85. The van der Waals surface area contributed by atoms with Crippen LogP contribution in [0, 0.1) is 0 Å². The van der Waals surface area contributed by atoms with Crippen molar-refractivity contribution in [2.75, 3.05) is 19.6 Å². The molecule has 0 radical (unpaired) electrons. The summed E-state index contributed by atoms with van der Waals surface area (Å²) < 4.78 is 0. The largest absolute Gasteiger partial charge is 0.327 e. The first-order valence-electron chi connectivity index (χ1n) is 5.87. The topological polar surface area (TPSA) is 41.3 Å². The zero-order valence-electron chi connectivity index (χ0n) is 9.79. The third-order valence-corrected chi connectivity index (χ3v) is 3.12. The summed E-state index contributed by atoms with van der Waals surface area (Å²) in [5, 5.41) is 3.44. The fraction of sp³-hybridized carbons (Fsp3) is 1.00. The van der Waals surface area contributed by atoms with Gasteiger partial charge in [-0.25, -0.2) is 0 Å². The van der Waals surface area contributed by atoms with E-state index in [0.717, 1.165) is 26.1 Å². The van der Waals surface area contributed by atoms with Crippen molar-refractivity contribution in [1.82, 2.24) is 10.2 Å². The van der Waals surface area contributed by atoms with Crippen molar-refractivity contribution in [1.29, 1.82) is 0 Å². The normalized spacial score (nSPS) is 31.7. The van der Waals surface area contributed by atoms with Crippen molar-refractivity contribution in [3.63, 3.8) is 0 Å². The number of nitrogens with one attached hydrogen (secondary N) is 1. The van der Waals surface area contributed by atoms with Crippen LogP contribution in [-0.2, 0) is 0 Å². The molecule has 3 N–H and O–H groups in total. The van der Waals surface area contributed by atoms with E-state index in [1.54, 1.807) is 0 Å². The van der Waals surface area contributed by atoms with E-state index in [1.165, 1.54) is 6.42 Å². The van der Waals surface area contributed by atoms with Gasteiger partial charge in [-0.05, 0) is 20.3 Å². The number of nitrogens with zero attached hydrogens (tertiary/aromatic N) is 1. The van der Waals surface area contributed by atoms with E-state index >= 15 is 0 Å². The second-order valence-corrected chi connectivity index (χ2v) is 4.60. The van der Waals surface area contributed by atoms with Crippen molar-refractivity contribution in [3.05, 3.63) is 0 Å². The summed E-state index contributed by atoms with van der Waals surface area (Å²) in [5.74, 6) is 0. The lowest BCUT2D eigenvalue weighted by Gasteiger charge is -2.40. The van der Waals surface area contributed by atoms with Crippen LogP contribution in [0.3, 0.4) is 0 Å². The standard InChI is InChI=1S/C11H25N3/c1-4-5-11(12)8-14-9(2)6-13-7-10(14)3/h9-11,13H,4-8,12H2,1-3H3. The predicted octanol–water partition coefficient (Wildman–Crippen LogP) is 0.796. The van der Waals surface area contributed by atoms with E-state index in [-0.39, 0.29) is 0 Å². The SMILES string of the molecule is CCCC(N)CN1C(C)CNCC1C. The molecule has 0 aromatic heterocycles. The zero-order chi connectivity index (χ0) is 10.6. The molecule has 0 bridgehead atoms. The first-order valence-corrected chi connectivity index (χ1v) is 5.87. The molecular formula is C11H25N3. The van der Waals surface area contributed by atoms with Crippen molar-refractivity contribution in [2.45, 2.75) is 51.7 Å². The summed E-state index contributed by atoms with van der Waals surface area (Å²) in [4.78, 5) is 2.54. The van der Waals surface area contributed by atoms with Crippen molar-refractivity contribution in [3.8, 4) is 0 Å². The average Bonchev–Trinajstić information content (AvgIpc) is 2.12. The number of hydrogen-bond donors (Lipinski definition) is 2. The summed E-state index contributed by atoms with van der Waals surface area (Å²) in [5.41, 5.74) is 6.08. The predicted molar refractivity (Wildman–Crippen MR) is 61.4 cm³/mol. The van der Waals surface area contributed by atoms with Gasteiger partial charge in [0, 0.05) is 37.8 Å². The molecule has 1 rings (SSSR count). The summed E-state index contributed by atoms with van der Waals surface area (Å²) in [6.45, 7) is 10.0. The molecule has 3 unspecified atom stereocenters. The molecule has 0 aromatic rings. The Morgan fingerprint density at radius 3 is 2.43 bits per heavy atom. The van der Waals surface area contributed by atoms with Gasteiger partial charge in [0.15, 0.2) is 0 Å². The minimum atomic E-state index is 0.350. The summed E-state index contributed by atoms with van der Waals surface area (Å²) in [6.07, 6.45) is 2.33. The second kappa shape index (κ2) is 5.69. The number of rotatable bonds is 4. The Labute approximate surface area is 88.0 Å². The number of hydrogen-bond acceptors (Lipinski definition) is 3. The highest BCUT2D eigenvalue weighted by Crippen LogP contribution is 2.10. The maximum atomic E-state index is 6.08. The molecule has 0 spiro atoms. The molecular weight excluding hydrogens is 174 g/mol. The van der Waals surface area contributed by atoms with Crippen molar-refractivity contribution < 1.29 is 0 Å². The quantitative estimate of drug-likeness (QED) is 0.703. The van der Waals surface area contributed by atoms with Gasteiger partial charge in [-0.3, -0.25) is 4.90 Å². The minimum Gasteiger partial charge on any atom is -0.327 e. The van der Waals surface area contributed by atoms with Gasteiger partial charge >= 0.3 is 0 Å². The molecule has 0 amide bonds. The maximum Gasteiger partial charge on any atom is 0.0196 e. The van der Waals surface area contributed by atoms with E-state index in [1.807, 2.05) is 0 Å². The third-order valence-electron chi connectivity index (χ3n) is 3.12. The van der Waals surface area contributed by atoms with Gasteiger partial charge in [-0.2, -0.15) is 0 Å². The molecule has 3 atom stereocenters. The van der Waals surface area contributed by atoms with Crippen LogP contribution in [0.4, 0.5) is 0 Å². The number of piperazine rings is 1. The maximum absolute atomic E-state index is 6.08. The van der Waals surface area contributed by atoms with Crippen molar-refractivity contribution >= 4 is 0 Å². The second-order valence-electron chi connectivity index (χ2n) is 4.60. The zero-order valence-corrected chi connectivity index (χ0v) is 9.79. The molecule has 3 nitrogen and oxygen atoms in total. The van der Waals surface area contributed by atoms with Crippen molar-refractivity contribution in [2.24, 2.45) is 5.73 Å². The highest BCUT2D eigenvalue weighted by Gasteiger charge is 2.25. The fourth-order valence-corrected chi connectivity index (χ4v) is 2.26. The lowest BCUT2D eigenvalue weighted by molar-refractivity contribution is 0.108. The van der Waals surface area contributed by atoms with E-state index in [0.29, 0.717) is 18.1 Å². The Morgan fingerprint density at radius 2 is 1.93 bits per heavy atom. The molecule has 84 valence electrons. The van der Waals surface area contributed by atoms with Crippen LogP contribution in [0.25, 0.3) is 0 Å².